The molecule has 2 bridgehead atoms. The summed E-state index contributed by atoms with van der Waals surface area (Å²) < 4.78 is 13.3. The van der Waals surface area contributed by atoms with Crippen LogP contribution in [-0.4, -0.2) is 55.1 Å². The van der Waals surface area contributed by atoms with Crippen molar-refractivity contribution >= 4 is 24.8 Å². The van der Waals surface area contributed by atoms with Crippen LogP contribution in [0.25, 0.3) is 0 Å². The van der Waals surface area contributed by atoms with Gasteiger partial charge in [0.25, 0.3) is 11.8 Å². The van der Waals surface area contributed by atoms with E-state index >= 15 is 0 Å². The predicted molar refractivity (Wildman–Crippen MR) is 181 cm³/mol. The van der Waals surface area contributed by atoms with E-state index in [4.69, 9.17) is 9.31 Å². The Morgan fingerprint density at radius 3 is 2.22 bits per heavy atom. The molecule has 1 saturated heterocycles. The van der Waals surface area contributed by atoms with Crippen LogP contribution in [0, 0.1) is 30.1 Å². The van der Waals surface area contributed by atoms with Gasteiger partial charge >= 0.3 is 7.12 Å². The first kappa shape index (κ1) is 34.2. The van der Waals surface area contributed by atoms with Gasteiger partial charge in [0.05, 0.1) is 17.6 Å². The molecule has 2 aromatic carbocycles. The topological polar surface area (TPSA) is 106 Å². The van der Waals surface area contributed by atoms with E-state index < -0.39 is 24.7 Å². The first-order valence-corrected chi connectivity index (χ1v) is 17.2. The summed E-state index contributed by atoms with van der Waals surface area (Å²) in [5.41, 5.74) is 2.97. The number of hydrogen-bond donors (Lipinski definition) is 3. The van der Waals surface area contributed by atoms with Crippen molar-refractivity contribution in [3.8, 4) is 0 Å². The molecule has 0 unspecified atom stereocenters. The fraction of sp³-hybridized carbons (Fsp3) is 0.595. The summed E-state index contributed by atoms with van der Waals surface area (Å²) in [6, 6.07) is 13.7. The van der Waals surface area contributed by atoms with Crippen molar-refractivity contribution in [2.45, 2.75) is 111 Å². The molecule has 6 rings (SSSR count). The fourth-order valence-electron chi connectivity index (χ4n) is 7.76. The first-order valence-electron chi connectivity index (χ1n) is 17.2. The van der Waals surface area contributed by atoms with Gasteiger partial charge < -0.3 is 25.3 Å². The van der Waals surface area contributed by atoms with E-state index in [1.807, 2.05) is 31.2 Å². The van der Waals surface area contributed by atoms with Gasteiger partial charge in [-0.05, 0) is 98.9 Å². The third-order valence-corrected chi connectivity index (χ3v) is 10.8. The van der Waals surface area contributed by atoms with Crippen LogP contribution in [-0.2, 0) is 20.5 Å². The van der Waals surface area contributed by atoms with Gasteiger partial charge in [0.15, 0.2) is 0 Å². The Kier molecular flexibility index (Phi) is 10.3. The molecule has 1 heterocycles. The number of hydrogen-bond acceptors (Lipinski definition) is 5. The number of amides is 3. The Balaban J connectivity index is 1.31. The second kappa shape index (κ2) is 13.9. The van der Waals surface area contributed by atoms with E-state index in [-0.39, 0.29) is 41.7 Å². The number of carbonyl (C=O) groups is 3. The van der Waals surface area contributed by atoms with Crippen molar-refractivity contribution in [1.29, 1.82) is 0 Å². The molecule has 6 atom stereocenters. The molecule has 3 amide bonds. The Morgan fingerprint density at radius 2 is 1.59 bits per heavy atom. The highest BCUT2D eigenvalue weighted by Crippen LogP contribution is 2.65. The molecule has 3 saturated carbocycles. The molecular formula is C37H52BN3O5. The Morgan fingerprint density at radius 1 is 0.935 bits per heavy atom. The van der Waals surface area contributed by atoms with Crippen LogP contribution < -0.4 is 16.0 Å². The molecule has 0 aromatic heterocycles. The highest BCUT2D eigenvalue weighted by molar-refractivity contribution is 6.48. The highest BCUT2D eigenvalue weighted by atomic mass is 16.7. The zero-order valence-corrected chi connectivity index (χ0v) is 28.7. The molecule has 3 N–H and O–H groups in total. The van der Waals surface area contributed by atoms with Gasteiger partial charge in [0, 0.05) is 17.7 Å². The summed E-state index contributed by atoms with van der Waals surface area (Å²) in [5.74, 6) is -0.207. The molecular weight excluding hydrogens is 577 g/mol. The second-order valence-electron chi connectivity index (χ2n) is 15.0. The van der Waals surface area contributed by atoms with Gasteiger partial charge in [-0.1, -0.05) is 70.9 Å². The lowest BCUT2D eigenvalue weighted by atomic mass is 9.43. The molecule has 1 aliphatic heterocycles. The van der Waals surface area contributed by atoms with Crippen molar-refractivity contribution in [3.05, 3.63) is 70.8 Å². The lowest BCUT2D eigenvalue weighted by Crippen LogP contribution is -2.65. The van der Waals surface area contributed by atoms with Crippen LogP contribution in [0.1, 0.15) is 105 Å². The smallest absolute Gasteiger partial charge is 0.404 e. The van der Waals surface area contributed by atoms with E-state index in [1.165, 1.54) is 5.56 Å². The number of rotatable bonds is 13. The average Bonchev–Trinajstić information content (AvgIpc) is 3.39. The van der Waals surface area contributed by atoms with Crippen LogP contribution in [0.4, 0.5) is 0 Å². The van der Waals surface area contributed by atoms with Crippen LogP contribution >= 0.6 is 0 Å². The Hall–Kier alpha value is -3.17. The summed E-state index contributed by atoms with van der Waals surface area (Å²) in [7, 11) is -0.592. The molecule has 8 nitrogen and oxygen atoms in total. The molecule has 4 fully saturated rings. The van der Waals surface area contributed by atoms with Gasteiger partial charge in [-0.2, -0.15) is 0 Å². The van der Waals surface area contributed by atoms with Gasteiger partial charge in [-0.3, -0.25) is 14.4 Å². The standard InChI is InChI=1S/C37H52BN3O5/c1-8-9-10-25-13-17-27(18-14-25)34(43)40-29(22-39-33(42)26-15-11-24(4)12-16-26)35(44)41-32(19-23(2)3)38-45-31-21-28-20-30(36(28,5)6)37(31,7)46-38/h11-18,23,28-32H,8-10,19-22H2,1-7H3,(H,39,42)(H,40,43)(H,41,44)/t28-,29+,30-,31-,32+,37+/m1/s1. The SMILES string of the molecule is CCCCc1ccc(C(=O)N[C@@H](CNC(=O)c2ccc(C)cc2)C(=O)N[C@@H](CC(C)C)B2O[C@@H]3C[C@H]4C[C@H](C4(C)C)[C@]3(C)O2)cc1. The van der Waals surface area contributed by atoms with Gasteiger partial charge in [-0.25, -0.2) is 0 Å². The van der Waals surface area contributed by atoms with Crippen molar-refractivity contribution in [1.82, 2.24) is 16.0 Å². The number of aryl methyl sites for hydroxylation is 2. The minimum Gasteiger partial charge on any atom is -0.404 e. The quantitative estimate of drug-likeness (QED) is 0.248. The molecule has 9 heteroatoms. The van der Waals surface area contributed by atoms with Crippen LogP contribution in [0.2, 0.25) is 0 Å². The maximum atomic E-state index is 14.0. The van der Waals surface area contributed by atoms with Gasteiger partial charge in [0.1, 0.15) is 6.04 Å². The normalized spacial score (nSPS) is 25.7. The lowest BCUT2D eigenvalue weighted by molar-refractivity contribution is -0.199. The van der Waals surface area contributed by atoms with E-state index in [0.717, 1.165) is 37.7 Å². The summed E-state index contributed by atoms with van der Waals surface area (Å²) in [5, 5.41) is 8.93. The maximum Gasteiger partial charge on any atom is 0.481 e. The van der Waals surface area contributed by atoms with E-state index in [0.29, 0.717) is 29.4 Å². The molecule has 0 radical (unpaired) electrons. The molecule has 46 heavy (non-hydrogen) atoms. The minimum atomic E-state index is -1.01. The number of nitrogens with one attached hydrogen (secondary N) is 3. The average molecular weight is 630 g/mol. The van der Waals surface area contributed by atoms with Crippen molar-refractivity contribution in [3.63, 3.8) is 0 Å². The third-order valence-electron chi connectivity index (χ3n) is 10.8. The molecule has 2 aromatic rings. The van der Waals surface area contributed by atoms with Gasteiger partial charge in [-0.15, -0.1) is 0 Å². The molecule has 4 aliphatic rings. The Labute approximate surface area is 275 Å². The summed E-state index contributed by atoms with van der Waals surface area (Å²) >= 11 is 0. The van der Waals surface area contributed by atoms with E-state index in [9.17, 15) is 14.4 Å². The minimum absolute atomic E-state index is 0.00886. The van der Waals surface area contributed by atoms with Crippen LogP contribution in [0.3, 0.4) is 0 Å². The second-order valence-corrected chi connectivity index (χ2v) is 15.0. The maximum absolute atomic E-state index is 14.0. The fourth-order valence-corrected chi connectivity index (χ4v) is 7.76. The summed E-state index contributed by atoms with van der Waals surface area (Å²) in [6.07, 6.45) is 5.87. The molecule has 3 aliphatic carbocycles. The van der Waals surface area contributed by atoms with Crippen molar-refractivity contribution in [2.24, 2.45) is 23.2 Å². The number of carbonyl (C=O) groups excluding carboxylic acids is 3. The largest absolute Gasteiger partial charge is 0.481 e. The van der Waals surface area contributed by atoms with Crippen molar-refractivity contribution in [2.75, 3.05) is 6.54 Å². The molecule has 0 spiro atoms. The molecule has 248 valence electrons. The summed E-state index contributed by atoms with van der Waals surface area (Å²) in [6.45, 7) is 15.1. The number of benzene rings is 2. The highest BCUT2D eigenvalue weighted by Gasteiger charge is 2.68. The lowest BCUT2D eigenvalue weighted by Gasteiger charge is -2.64. The first-order chi connectivity index (χ1) is 21.8. The zero-order chi connectivity index (χ0) is 33.2. The number of unbranched alkanes of at least 4 members (excludes halogenated alkanes) is 1. The van der Waals surface area contributed by atoms with Gasteiger partial charge in [0.2, 0.25) is 5.91 Å². The third kappa shape index (κ3) is 7.20. The van der Waals surface area contributed by atoms with Crippen LogP contribution in [0.15, 0.2) is 48.5 Å². The van der Waals surface area contributed by atoms with E-state index in [1.54, 1.807) is 24.3 Å². The van der Waals surface area contributed by atoms with E-state index in [2.05, 4.69) is 57.5 Å². The van der Waals surface area contributed by atoms with Crippen LogP contribution in [0.5, 0.6) is 0 Å². The monoisotopic (exact) mass is 629 g/mol. The zero-order valence-electron chi connectivity index (χ0n) is 28.7. The summed E-state index contributed by atoms with van der Waals surface area (Å²) in [4.78, 5) is 40.4. The Bertz CT molecular complexity index is 1390. The van der Waals surface area contributed by atoms with Crippen molar-refractivity contribution < 1.29 is 23.7 Å². The predicted octanol–water partition coefficient (Wildman–Crippen LogP) is 5.66.